The lowest BCUT2D eigenvalue weighted by Gasteiger charge is -2.43. The van der Waals surface area contributed by atoms with Crippen LogP contribution in [0, 0.1) is 5.41 Å². The number of hydrogen-bond donors (Lipinski definition) is 3. The quantitative estimate of drug-likeness (QED) is 0.537. The minimum Gasteiger partial charge on any atom is -0.457 e. The minimum absolute atomic E-state index is 0.298. The van der Waals surface area contributed by atoms with Crippen LogP contribution in [0.5, 0.6) is 0 Å². The van der Waals surface area contributed by atoms with Crippen LogP contribution in [-0.2, 0) is 9.53 Å². The summed E-state index contributed by atoms with van der Waals surface area (Å²) in [7, 11) is 0. The third-order valence-electron chi connectivity index (χ3n) is 3.87. The fraction of sp³-hybridized carbons (Fsp3) is 0.923. The Morgan fingerprint density at radius 3 is 2.42 bits per heavy atom. The average molecular weight is 273 g/mol. The molecule has 6 nitrogen and oxygen atoms in total. The fourth-order valence-electron chi connectivity index (χ4n) is 2.71. The van der Waals surface area contributed by atoms with Crippen molar-refractivity contribution in [3.63, 3.8) is 0 Å². The van der Waals surface area contributed by atoms with E-state index in [-0.39, 0.29) is 0 Å². The second-order valence-electron chi connectivity index (χ2n) is 6.52. The van der Waals surface area contributed by atoms with E-state index >= 15 is 0 Å². The first-order valence-electron chi connectivity index (χ1n) is 6.71. The highest BCUT2D eigenvalue weighted by molar-refractivity contribution is 5.75. The molecule has 0 aromatic carbocycles. The van der Waals surface area contributed by atoms with Gasteiger partial charge in [-0.3, -0.25) is 9.69 Å². The van der Waals surface area contributed by atoms with Gasteiger partial charge in [-0.05, 0) is 27.2 Å². The van der Waals surface area contributed by atoms with E-state index in [4.69, 9.17) is 4.74 Å². The van der Waals surface area contributed by atoms with Crippen LogP contribution in [0.15, 0.2) is 0 Å². The van der Waals surface area contributed by atoms with Gasteiger partial charge in [0.1, 0.15) is 12.2 Å². The van der Waals surface area contributed by atoms with Crippen molar-refractivity contribution in [1.29, 1.82) is 0 Å². The Balaban J connectivity index is 2.17. The third-order valence-corrected chi connectivity index (χ3v) is 3.87. The van der Waals surface area contributed by atoms with E-state index in [9.17, 15) is 20.1 Å². The molecule has 110 valence electrons. The number of carbonyl (C=O) groups excluding carboxylic acids is 1. The van der Waals surface area contributed by atoms with E-state index in [0.717, 1.165) is 0 Å². The van der Waals surface area contributed by atoms with Gasteiger partial charge in [0, 0.05) is 13.1 Å². The molecule has 0 bridgehead atoms. The zero-order chi connectivity index (χ0) is 14.4. The van der Waals surface area contributed by atoms with Gasteiger partial charge in [0.05, 0.1) is 23.7 Å². The molecule has 2 saturated heterocycles. The normalized spacial score (nSPS) is 40.0. The van der Waals surface area contributed by atoms with Gasteiger partial charge in [0.2, 0.25) is 0 Å². The number of rotatable bonds is 1. The number of esters is 1. The van der Waals surface area contributed by atoms with Crippen LogP contribution in [0.4, 0.5) is 0 Å². The Hall–Kier alpha value is -0.690. The molecule has 19 heavy (non-hydrogen) atoms. The molecule has 5 atom stereocenters. The van der Waals surface area contributed by atoms with Gasteiger partial charge in [-0.1, -0.05) is 0 Å². The summed E-state index contributed by atoms with van der Waals surface area (Å²) in [5.41, 5.74) is -0.684. The van der Waals surface area contributed by atoms with Crippen molar-refractivity contribution >= 4 is 5.97 Å². The van der Waals surface area contributed by atoms with Crippen molar-refractivity contribution in [2.24, 2.45) is 5.41 Å². The minimum atomic E-state index is -1.15. The molecule has 2 aliphatic rings. The molecule has 0 aromatic rings. The van der Waals surface area contributed by atoms with Gasteiger partial charge in [-0.2, -0.15) is 0 Å². The highest BCUT2D eigenvalue weighted by Crippen LogP contribution is 2.31. The van der Waals surface area contributed by atoms with Crippen molar-refractivity contribution < 1.29 is 24.9 Å². The van der Waals surface area contributed by atoms with E-state index in [1.165, 1.54) is 0 Å². The Morgan fingerprint density at radius 1 is 1.21 bits per heavy atom. The molecule has 0 saturated carbocycles. The van der Waals surface area contributed by atoms with Gasteiger partial charge < -0.3 is 20.1 Å². The second-order valence-corrected chi connectivity index (χ2v) is 6.52. The molecule has 0 aliphatic carbocycles. The number of hydrogen-bond acceptors (Lipinski definition) is 6. The number of ether oxygens (including phenoxy) is 1. The van der Waals surface area contributed by atoms with Gasteiger partial charge in [-0.15, -0.1) is 0 Å². The third kappa shape index (κ3) is 2.76. The van der Waals surface area contributed by atoms with E-state index in [1.54, 1.807) is 20.8 Å². The number of aliphatic hydroxyl groups excluding tert-OH is 3. The van der Waals surface area contributed by atoms with Crippen LogP contribution in [0.3, 0.4) is 0 Å². The van der Waals surface area contributed by atoms with Gasteiger partial charge >= 0.3 is 5.97 Å². The number of nitrogens with zero attached hydrogens (tertiary/aromatic N) is 1. The summed E-state index contributed by atoms with van der Waals surface area (Å²) in [5, 5.41) is 29.9. The standard InChI is InChI=1S/C13H23NO5/c1-13(2,3)12(18)19-11-9-7(15)4-5-14(9)6-8(16)10(11)17/h7-11,15-17H,4-6H2,1-3H3/t7-,8-,9+,10+,11+/m0/s1. The summed E-state index contributed by atoms with van der Waals surface area (Å²) >= 11 is 0. The zero-order valence-electron chi connectivity index (χ0n) is 11.6. The van der Waals surface area contributed by atoms with Gasteiger partial charge in [0.25, 0.3) is 0 Å². The van der Waals surface area contributed by atoms with E-state index in [1.807, 2.05) is 4.90 Å². The van der Waals surface area contributed by atoms with Crippen LogP contribution in [-0.4, -0.2) is 69.7 Å². The zero-order valence-corrected chi connectivity index (χ0v) is 11.6. The lowest BCUT2D eigenvalue weighted by atomic mass is 9.91. The molecular weight excluding hydrogens is 250 g/mol. The molecule has 2 rings (SSSR count). The molecule has 2 heterocycles. The first kappa shape index (κ1) is 14.7. The Morgan fingerprint density at radius 2 is 1.84 bits per heavy atom. The average Bonchev–Trinajstić information content (AvgIpc) is 2.64. The van der Waals surface area contributed by atoms with E-state index < -0.39 is 41.8 Å². The van der Waals surface area contributed by atoms with E-state index in [0.29, 0.717) is 19.5 Å². The van der Waals surface area contributed by atoms with Crippen molar-refractivity contribution in [2.75, 3.05) is 13.1 Å². The molecule has 0 spiro atoms. The predicted molar refractivity (Wildman–Crippen MR) is 67.3 cm³/mol. The summed E-state index contributed by atoms with van der Waals surface area (Å²) in [4.78, 5) is 13.8. The van der Waals surface area contributed by atoms with Crippen LogP contribution in [0.25, 0.3) is 0 Å². The topological polar surface area (TPSA) is 90.2 Å². The molecule has 0 unspecified atom stereocenters. The number of carbonyl (C=O) groups is 1. The molecule has 2 aliphatic heterocycles. The van der Waals surface area contributed by atoms with Crippen LogP contribution in [0.1, 0.15) is 27.2 Å². The van der Waals surface area contributed by atoms with Crippen molar-refractivity contribution in [2.45, 2.75) is 57.6 Å². The molecule has 6 heteroatoms. The summed E-state index contributed by atoms with van der Waals surface area (Å²) in [6.45, 7) is 6.11. The number of piperidine rings is 1. The second kappa shape index (κ2) is 5.01. The maximum Gasteiger partial charge on any atom is 0.311 e. The monoisotopic (exact) mass is 273 g/mol. The van der Waals surface area contributed by atoms with Crippen molar-refractivity contribution in [3.8, 4) is 0 Å². The first-order valence-corrected chi connectivity index (χ1v) is 6.71. The fourth-order valence-corrected chi connectivity index (χ4v) is 2.71. The highest BCUT2D eigenvalue weighted by atomic mass is 16.6. The van der Waals surface area contributed by atoms with Crippen LogP contribution < -0.4 is 0 Å². The molecule has 2 fully saturated rings. The highest BCUT2D eigenvalue weighted by Gasteiger charge is 2.50. The van der Waals surface area contributed by atoms with Crippen LogP contribution >= 0.6 is 0 Å². The Kier molecular flexibility index (Phi) is 3.88. The molecule has 0 radical (unpaired) electrons. The number of fused-ring (bicyclic) bond motifs is 1. The Bertz CT molecular complexity index is 353. The molecule has 0 aromatic heterocycles. The van der Waals surface area contributed by atoms with Crippen LogP contribution in [0.2, 0.25) is 0 Å². The summed E-state index contributed by atoms with van der Waals surface area (Å²) < 4.78 is 5.37. The van der Waals surface area contributed by atoms with Crippen molar-refractivity contribution in [3.05, 3.63) is 0 Å². The lowest BCUT2D eigenvalue weighted by molar-refractivity contribution is -0.190. The summed E-state index contributed by atoms with van der Waals surface area (Å²) in [5.74, 6) is -0.440. The molecule has 3 N–H and O–H groups in total. The smallest absolute Gasteiger partial charge is 0.311 e. The van der Waals surface area contributed by atoms with Gasteiger partial charge in [0.15, 0.2) is 0 Å². The van der Waals surface area contributed by atoms with Gasteiger partial charge in [-0.25, -0.2) is 0 Å². The number of aliphatic hydroxyl groups is 3. The molecule has 0 amide bonds. The maximum absolute atomic E-state index is 12.0. The largest absolute Gasteiger partial charge is 0.457 e. The SMILES string of the molecule is CC(C)(C)C(=O)O[C@H]1[C@H](O)[C@@H](O)CN2CC[C@H](O)[C@H]12. The molecular formula is C13H23NO5. The predicted octanol–water partition coefficient (Wildman–Crippen LogP) is -0.885. The van der Waals surface area contributed by atoms with E-state index in [2.05, 4.69) is 0 Å². The summed E-state index contributed by atoms with van der Waals surface area (Å²) in [6, 6.07) is -0.426. The van der Waals surface area contributed by atoms with Crippen molar-refractivity contribution in [1.82, 2.24) is 4.90 Å². The summed E-state index contributed by atoms with van der Waals surface area (Å²) in [6.07, 6.45) is -3.07. The first-order chi connectivity index (χ1) is 8.71. The Labute approximate surface area is 113 Å². The lowest BCUT2D eigenvalue weighted by Crippen LogP contribution is -2.63. The maximum atomic E-state index is 12.0.